The van der Waals surface area contributed by atoms with Crippen molar-refractivity contribution in [2.75, 3.05) is 0 Å². The van der Waals surface area contributed by atoms with Gasteiger partial charge in [0.25, 0.3) is 0 Å². The molecule has 0 fully saturated rings. The summed E-state index contributed by atoms with van der Waals surface area (Å²) >= 11 is 5.97. The van der Waals surface area contributed by atoms with Gasteiger partial charge in [-0.1, -0.05) is 23.7 Å². The minimum atomic E-state index is -0.228. The molecule has 1 unspecified atom stereocenters. The van der Waals surface area contributed by atoms with Crippen molar-refractivity contribution >= 4 is 11.6 Å². The lowest BCUT2D eigenvalue weighted by Crippen LogP contribution is -2.24. The summed E-state index contributed by atoms with van der Waals surface area (Å²) in [6.45, 7) is 1.74. The van der Waals surface area contributed by atoms with Crippen LogP contribution in [-0.4, -0.2) is 0 Å². The SMILES string of the molecule is Cc1ccc(C2C[C@H](N)c3cc(Cl)ccc3O2)cc1F. The van der Waals surface area contributed by atoms with Crippen LogP contribution in [0.25, 0.3) is 0 Å². The Balaban J connectivity index is 1.94. The van der Waals surface area contributed by atoms with Crippen LogP contribution >= 0.6 is 11.6 Å². The van der Waals surface area contributed by atoms with Crippen molar-refractivity contribution in [3.05, 3.63) is 63.9 Å². The topological polar surface area (TPSA) is 35.2 Å². The van der Waals surface area contributed by atoms with Crippen molar-refractivity contribution in [3.8, 4) is 5.75 Å². The largest absolute Gasteiger partial charge is 0.485 e. The molecule has 4 heteroatoms. The minimum Gasteiger partial charge on any atom is -0.485 e. The minimum absolute atomic E-state index is 0.160. The molecule has 0 bridgehead atoms. The van der Waals surface area contributed by atoms with Gasteiger partial charge in [-0.2, -0.15) is 0 Å². The van der Waals surface area contributed by atoms with Gasteiger partial charge in [0, 0.05) is 23.0 Å². The van der Waals surface area contributed by atoms with Crippen LogP contribution in [0.15, 0.2) is 36.4 Å². The molecule has 20 heavy (non-hydrogen) atoms. The van der Waals surface area contributed by atoms with E-state index in [0.29, 0.717) is 17.0 Å². The Morgan fingerprint density at radius 3 is 2.80 bits per heavy atom. The zero-order valence-corrected chi connectivity index (χ0v) is 11.8. The molecular weight excluding hydrogens is 277 g/mol. The molecule has 0 radical (unpaired) electrons. The molecule has 1 aliphatic rings. The first kappa shape index (κ1) is 13.4. The Hall–Kier alpha value is -1.58. The summed E-state index contributed by atoms with van der Waals surface area (Å²) in [5.41, 5.74) is 8.52. The molecule has 2 nitrogen and oxygen atoms in total. The van der Waals surface area contributed by atoms with Gasteiger partial charge in [-0.05, 0) is 42.3 Å². The molecule has 2 aromatic carbocycles. The first-order valence-electron chi connectivity index (χ1n) is 6.52. The van der Waals surface area contributed by atoms with E-state index in [1.165, 1.54) is 6.07 Å². The number of halogens is 2. The van der Waals surface area contributed by atoms with Crippen molar-refractivity contribution in [2.45, 2.75) is 25.5 Å². The van der Waals surface area contributed by atoms with E-state index in [2.05, 4.69) is 0 Å². The Morgan fingerprint density at radius 1 is 1.25 bits per heavy atom. The molecule has 1 heterocycles. The summed E-state index contributed by atoms with van der Waals surface area (Å²) in [5.74, 6) is 0.501. The Morgan fingerprint density at radius 2 is 2.05 bits per heavy atom. The number of fused-ring (bicyclic) bond motifs is 1. The normalized spacial score (nSPS) is 21.2. The molecule has 0 amide bonds. The molecule has 0 aromatic heterocycles. The van der Waals surface area contributed by atoms with E-state index in [0.717, 1.165) is 16.9 Å². The highest BCUT2D eigenvalue weighted by molar-refractivity contribution is 6.30. The first-order chi connectivity index (χ1) is 9.54. The number of rotatable bonds is 1. The van der Waals surface area contributed by atoms with E-state index in [4.69, 9.17) is 22.1 Å². The van der Waals surface area contributed by atoms with Crippen LogP contribution in [0.4, 0.5) is 4.39 Å². The standard InChI is InChI=1S/C16H15ClFNO/c1-9-2-3-10(6-13(9)18)16-8-14(19)12-7-11(17)4-5-15(12)20-16/h2-7,14,16H,8,19H2,1H3/t14-,16?/m0/s1. The van der Waals surface area contributed by atoms with Crippen molar-refractivity contribution < 1.29 is 9.13 Å². The molecule has 104 valence electrons. The van der Waals surface area contributed by atoms with Crippen LogP contribution in [-0.2, 0) is 0 Å². The van der Waals surface area contributed by atoms with E-state index in [-0.39, 0.29) is 18.0 Å². The highest BCUT2D eigenvalue weighted by Crippen LogP contribution is 2.40. The smallest absolute Gasteiger partial charge is 0.126 e. The number of hydrogen-bond donors (Lipinski definition) is 1. The number of ether oxygens (including phenoxy) is 1. The summed E-state index contributed by atoms with van der Waals surface area (Å²) in [6, 6.07) is 10.4. The van der Waals surface area contributed by atoms with Crippen LogP contribution in [0.1, 0.15) is 35.3 Å². The Kier molecular flexibility index (Phi) is 3.40. The maximum Gasteiger partial charge on any atom is 0.126 e. The maximum absolute atomic E-state index is 13.7. The fourth-order valence-corrected chi connectivity index (χ4v) is 2.67. The van der Waals surface area contributed by atoms with Gasteiger partial charge in [0.1, 0.15) is 17.7 Å². The van der Waals surface area contributed by atoms with Gasteiger partial charge < -0.3 is 10.5 Å². The molecule has 0 aliphatic carbocycles. The third-order valence-corrected chi connectivity index (χ3v) is 3.91. The second-order valence-electron chi connectivity index (χ2n) is 5.14. The van der Waals surface area contributed by atoms with Crippen molar-refractivity contribution in [1.82, 2.24) is 0 Å². The van der Waals surface area contributed by atoms with Crippen LogP contribution in [0.3, 0.4) is 0 Å². The van der Waals surface area contributed by atoms with Crippen molar-refractivity contribution in [3.63, 3.8) is 0 Å². The quantitative estimate of drug-likeness (QED) is 0.849. The van der Waals surface area contributed by atoms with Crippen LogP contribution in [0.5, 0.6) is 5.75 Å². The third-order valence-electron chi connectivity index (χ3n) is 3.68. The Labute approximate surface area is 122 Å². The zero-order valence-electron chi connectivity index (χ0n) is 11.1. The molecular formula is C16H15ClFNO. The molecule has 2 atom stereocenters. The van der Waals surface area contributed by atoms with E-state index in [9.17, 15) is 4.39 Å². The van der Waals surface area contributed by atoms with Crippen molar-refractivity contribution in [2.24, 2.45) is 5.73 Å². The average Bonchev–Trinajstić information content (AvgIpc) is 2.42. The fourth-order valence-electron chi connectivity index (χ4n) is 2.49. The van der Waals surface area contributed by atoms with Gasteiger partial charge in [-0.25, -0.2) is 4.39 Å². The van der Waals surface area contributed by atoms with E-state index >= 15 is 0 Å². The summed E-state index contributed by atoms with van der Waals surface area (Å²) in [7, 11) is 0. The van der Waals surface area contributed by atoms with E-state index < -0.39 is 0 Å². The highest BCUT2D eigenvalue weighted by atomic mass is 35.5. The number of nitrogens with two attached hydrogens (primary N) is 1. The molecule has 2 N–H and O–H groups in total. The lowest BCUT2D eigenvalue weighted by molar-refractivity contribution is 0.161. The lowest BCUT2D eigenvalue weighted by Gasteiger charge is -2.30. The molecule has 0 saturated carbocycles. The predicted octanol–water partition coefficient (Wildman–Crippen LogP) is 4.31. The fraction of sp³-hybridized carbons (Fsp3) is 0.250. The van der Waals surface area contributed by atoms with Gasteiger partial charge in [0.15, 0.2) is 0 Å². The zero-order chi connectivity index (χ0) is 14.3. The van der Waals surface area contributed by atoms with Crippen LogP contribution < -0.4 is 10.5 Å². The summed E-state index contributed by atoms with van der Waals surface area (Å²) in [6.07, 6.45) is 0.379. The second kappa shape index (κ2) is 5.08. The molecule has 2 aromatic rings. The monoisotopic (exact) mass is 291 g/mol. The lowest BCUT2D eigenvalue weighted by atomic mass is 9.93. The van der Waals surface area contributed by atoms with Gasteiger partial charge in [0.2, 0.25) is 0 Å². The highest BCUT2D eigenvalue weighted by Gasteiger charge is 2.27. The van der Waals surface area contributed by atoms with E-state index in [1.807, 2.05) is 18.2 Å². The van der Waals surface area contributed by atoms with Crippen LogP contribution in [0.2, 0.25) is 5.02 Å². The molecule has 1 aliphatic heterocycles. The van der Waals surface area contributed by atoms with E-state index in [1.54, 1.807) is 19.1 Å². The number of hydrogen-bond acceptors (Lipinski definition) is 2. The third kappa shape index (κ3) is 2.39. The summed E-state index contributed by atoms with van der Waals surface area (Å²) < 4.78 is 19.6. The van der Waals surface area contributed by atoms with Gasteiger partial charge in [-0.3, -0.25) is 0 Å². The molecule has 0 saturated heterocycles. The Bertz CT molecular complexity index is 659. The second-order valence-corrected chi connectivity index (χ2v) is 5.58. The van der Waals surface area contributed by atoms with Crippen LogP contribution in [0, 0.1) is 12.7 Å². The average molecular weight is 292 g/mol. The number of benzene rings is 2. The van der Waals surface area contributed by atoms with Gasteiger partial charge >= 0.3 is 0 Å². The predicted molar refractivity (Wildman–Crippen MR) is 77.5 cm³/mol. The van der Waals surface area contributed by atoms with Gasteiger partial charge in [0.05, 0.1) is 0 Å². The maximum atomic E-state index is 13.7. The molecule has 0 spiro atoms. The summed E-state index contributed by atoms with van der Waals surface area (Å²) in [5, 5.41) is 0.641. The van der Waals surface area contributed by atoms with Gasteiger partial charge in [-0.15, -0.1) is 0 Å². The van der Waals surface area contributed by atoms with Crippen molar-refractivity contribution in [1.29, 1.82) is 0 Å². The summed E-state index contributed by atoms with van der Waals surface area (Å²) in [4.78, 5) is 0. The molecule has 3 rings (SSSR count). The first-order valence-corrected chi connectivity index (χ1v) is 6.90. The number of aryl methyl sites for hydroxylation is 1.